The number of hydrogen-bond acceptors (Lipinski definition) is 8. The first kappa shape index (κ1) is 21.4. The molecule has 4 aromatic rings. The summed E-state index contributed by atoms with van der Waals surface area (Å²) in [4.78, 5) is 25.8. The van der Waals surface area contributed by atoms with E-state index in [1.165, 1.54) is 18.0 Å². The zero-order valence-electron chi connectivity index (χ0n) is 18.5. The Labute approximate surface area is 195 Å². The maximum Gasteiger partial charge on any atom is 0.275 e. The largest absolute Gasteiger partial charge is 0.495 e. The highest BCUT2D eigenvalue weighted by molar-refractivity contribution is 7.98. The van der Waals surface area contributed by atoms with Crippen molar-refractivity contribution in [2.45, 2.75) is 17.9 Å². The zero-order valence-corrected chi connectivity index (χ0v) is 19.3. The third-order valence-electron chi connectivity index (χ3n) is 5.61. The van der Waals surface area contributed by atoms with E-state index < -0.39 is 0 Å². The topological polar surface area (TPSA) is 84.8 Å². The molecule has 0 saturated carbocycles. The summed E-state index contributed by atoms with van der Waals surface area (Å²) in [5.41, 5.74) is 4.07. The molecule has 0 unspecified atom stereocenters. The summed E-state index contributed by atoms with van der Waals surface area (Å²) in [7, 11) is 1.67. The Morgan fingerprint density at radius 3 is 2.76 bits per heavy atom. The standard InChI is InChI=1S/C24H24N4O4S/c1-16-7-8-20-17(13-16)26-24(32-20)33-15-22-25-18(14-31-22)23(29)28-11-9-27(10-12-28)19-5-3-4-6-21(19)30-2/h3-8,13-14H,9-12,15H2,1-2H3. The predicted molar refractivity (Wildman–Crippen MR) is 126 cm³/mol. The lowest BCUT2D eigenvalue weighted by Gasteiger charge is -2.36. The molecule has 0 bridgehead atoms. The number of anilines is 1. The fourth-order valence-corrected chi connectivity index (χ4v) is 4.57. The number of para-hydroxylation sites is 2. The second-order valence-electron chi connectivity index (χ2n) is 7.82. The van der Waals surface area contributed by atoms with Crippen LogP contribution < -0.4 is 9.64 Å². The van der Waals surface area contributed by atoms with Gasteiger partial charge in [0.25, 0.3) is 11.1 Å². The minimum atomic E-state index is -0.119. The maximum atomic E-state index is 12.9. The third kappa shape index (κ3) is 4.54. The molecule has 0 N–H and O–H groups in total. The van der Waals surface area contributed by atoms with Gasteiger partial charge in [-0.1, -0.05) is 30.0 Å². The van der Waals surface area contributed by atoms with Crippen LogP contribution in [0.3, 0.4) is 0 Å². The number of carbonyl (C=O) groups excluding carboxylic acids is 1. The van der Waals surface area contributed by atoms with E-state index in [4.69, 9.17) is 13.6 Å². The van der Waals surface area contributed by atoms with E-state index in [1.54, 1.807) is 7.11 Å². The average molecular weight is 465 g/mol. The molecule has 0 aliphatic carbocycles. The Morgan fingerprint density at radius 2 is 1.94 bits per heavy atom. The van der Waals surface area contributed by atoms with Crippen molar-refractivity contribution in [1.29, 1.82) is 0 Å². The summed E-state index contributed by atoms with van der Waals surface area (Å²) in [6.07, 6.45) is 1.43. The van der Waals surface area contributed by atoms with E-state index >= 15 is 0 Å². The molecular formula is C24H24N4O4S. The van der Waals surface area contributed by atoms with Crippen LogP contribution in [-0.2, 0) is 5.75 Å². The van der Waals surface area contributed by atoms with Crippen molar-refractivity contribution in [1.82, 2.24) is 14.9 Å². The number of aryl methyl sites for hydroxylation is 1. The van der Waals surface area contributed by atoms with Gasteiger partial charge in [0.15, 0.2) is 11.3 Å². The number of aromatic nitrogens is 2. The normalized spacial score (nSPS) is 14.1. The summed E-state index contributed by atoms with van der Waals surface area (Å²) in [5.74, 6) is 1.62. The number of rotatable bonds is 6. The van der Waals surface area contributed by atoms with Crippen LogP contribution in [0.2, 0.25) is 0 Å². The van der Waals surface area contributed by atoms with Crippen LogP contribution in [0.5, 0.6) is 5.75 Å². The summed E-state index contributed by atoms with van der Waals surface area (Å²) < 4.78 is 16.8. The minimum Gasteiger partial charge on any atom is -0.495 e. The van der Waals surface area contributed by atoms with Crippen molar-refractivity contribution in [2.24, 2.45) is 0 Å². The van der Waals surface area contributed by atoms with Gasteiger partial charge in [-0.15, -0.1) is 0 Å². The summed E-state index contributed by atoms with van der Waals surface area (Å²) >= 11 is 1.39. The minimum absolute atomic E-state index is 0.119. The lowest BCUT2D eigenvalue weighted by molar-refractivity contribution is 0.0740. The highest BCUT2D eigenvalue weighted by Gasteiger charge is 2.25. The van der Waals surface area contributed by atoms with E-state index in [9.17, 15) is 4.79 Å². The number of carbonyl (C=O) groups is 1. The fourth-order valence-electron chi connectivity index (χ4n) is 3.88. The molecule has 0 atom stereocenters. The van der Waals surface area contributed by atoms with E-state index in [1.807, 2.05) is 54.3 Å². The highest BCUT2D eigenvalue weighted by Crippen LogP contribution is 2.29. The number of methoxy groups -OCH3 is 1. The monoisotopic (exact) mass is 464 g/mol. The molecular weight excluding hydrogens is 440 g/mol. The average Bonchev–Trinajstić information content (AvgIpc) is 3.49. The first-order chi connectivity index (χ1) is 16.1. The van der Waals surface area contributed by atoms with Gasteiger partial charge >= 0.3 is 0 Å². The molecule has 9 heteroatoms. The van der Waals surface area contributed by atoms with Gasteiger partial charge < -0.3 is 23.4 Å². The molecule has 0 spiro atoms. The zero-order chi connectivity index (χ0) is 22.8. The molecule has 33 heavy (non-hydrogen) atoms. The van der Waals surface area contributed by atoms with Crippen LogP contribution in [0, 0.1) is 6.92 Å². The number of amides is 1. The van der Waals surface area contributed by atoms with E-state index in [0.29, 0.717) is 35.6 Å². The second-order valence-corrected chi connectivity index (χ2v) is 8.74. The molecule has 1 fully saturated rings. The van der Waals surface area contributed by atoms with Gasteiger partial charge in [0.2, 0.25) is 5.89 Å². The number of oxazole rings is 2. The van der Waals surface area contributed by atoms with Crippen molar-refractivity contribution >= 4 is 34.5 Å². The first-order valence-electron chi connectivity index (χ1n) is 10.7. The summed E-state index contributed by atoms with van der Waals surface area (Å²) in [6.45, 7) is 4.69. The first-order valence-corrected chi connectivity index (χ1v) is 11.7. The van der Waals surface area contributed by atoms with Crippen LogP contribution in [0.1, 0.15) is 21.9 Å². The van der Waals surface area contributed by atoms with E-state index in [2.05, 4.69) is 14.9 Å². The Bertz CT molecular complexity index is 1280. The number of piperazine rings is 1. The Balaban J connectivity index is 1.18. The smallest absolute Gasteiger partial charge is 0.275 e. The predicted octanol–water partition coefficient (Wildman–Crippen LogP) is 4.39. The fraction of sp³-hybridized carbons (Fsp3) is 0.292. The van der Waals surface area contributed by atoms with Crippen molar-refractivity contribution < 1.29 is 18.4 Å². The van der Waals surface area contributed by atoms with Crippen LogP contribution in [0.4, 0.5) is 5.69 Å². The van der Waals surface area contributed by atoms with Gasteiger partial charge in [0.05, 0.1) is 18.6 Å². The van der Waals surface area contributed by atoms with Crippen LogP contribution in [-0.4, -0.2) is 54.1 Å². The number of ether oxygens (including phenoxy) is 1. The number of nitrogens with zero attached hydrogens (tertiary/aromatic N) is 4. The van der Waals surface area contributed by atoms with Crippen LogP contribution >= 0.6 is 11.8 Å². The molecule has 5 rings (SSSR count). The van der Waals surface area contributed by atoms with Gasteiger partial charge in [0, 0.05) is 26.2 Å². The molecule has 1 amide bonds. The Kier molecular flexibility index (Phi) is 5.95. The van der Waals surface area contributed by atoms with Crippen LogP contribution in [0.25, 0.3) is 11.1 Å². The maximum absolute atomic E-state index is 12.9. The van der Waals surface area contributed by atoms with Gasteiger partial charge in [0.1, 0.15) is 17.5 Å². The molecule has 1 aliphatic rings. The Morgan fingerprint density at radius 1 is 1.12 bits per heavy atom. The van der Waals surface area contributed by atoms with Crippen molar-refractivity contribution in [2.75, 3.05) is 38.2 Å². The molecule has 8 nitrogen and oxygen atoms in total. The number of hydrogen-bond donors (Lipinski definition) is 0. The molecule has 0 radical (unpaired) electrons. The van der Waals surface area contributed by atoms with E-state index in [-0.39, 0.29) is 5.91 Å². The van der Waals surface area contributed by atoms with Crippen molar-refractivity contribution in [3.63, 3.8) is 0 Å². The third-order valence-corrected chi connectivity index (χ3v) is 6.42. The van der Waals surface area contributed by atoms with Crippen molar-refractivity contribution in [3.05, 3.63) is 65.9 Å². The Hall–Kier alpha value is -3.46. The molecule has 170 valence electrons. The van der Waals surface area contributed by atoms with E-state index in [0.717, 1.165) is 41.2 Å². The number of benzene rings is 2. The second kappa shape index (κ2) is 9.19. The lowest BCUT2D eigenvalue weighted by atomic mass is 10.2. The molecule has 2 aromatic heterocycles. The van der Waals surface area contributed by atoms with Crippen LogP contribution in [0.15, 0.2) is 62.8 Å². The van der Waals surface area contributed by atoms with Gasteiger partial charge in [-0.05, 0) is 36.8 Å². The van der Waals surface area contributed by atoms with Gasteiger partial charge in [-0.2, -0.15) is 0 Å². The van der Waals surface area contributed by atoms with Gasteiger partial charge in [-0.25, -0.2) is 9.97 Å². The quantitative estimate of drug-likeness (QED) is 0.389. The molecule has 1 aliphatic heterocycles. The molecule has 1 saturated heterocycles. The lowest BCUT2D eigenvalue weighted by Crippen LogP contribution is -2.49. The highest BCUT2D eigenvalue weighted by atomic mass is 32.2. The van der Waals surface area contributed by atoms with Crippen molar-refractivity contribution in [3.8, 4) is 5.75 Å². The van der Waals surface area contributed by atoms with Gasteiger partial charge in [-0.3, -0.25) is 4.79 Å². The summed E-state index contributed by atoms with van der Waals surface area (Å²) in [5, 5.41) is 0.550. The number of fused-ring (bicyclic) bond motifs is 1. The SMILES string of the molecule is COc1ccccc1N1CCN(C(=O)c2coc(CSc3nc4cc(C)ccc4o3)n2)CC1. The number of thioether (sulfide) groups is 1. The summed E-state index contributed by atoms with van der Waals surface area (Å²) in [6, 6.07) is 13.8. The molecule has 3 heterocycles. The molecule has 2 aromatic carbocycles.